The molecule has 7 nitrogen and oxygen atoms in total. The van der Waals surface area contributed by atoms with Crippen LogP contribution in [0.5, 0.6) is 0 Å². The maximum Gasteiger partial charge on any atom is 0.238 e. The number of aliphatic hydroxyl groups excluding tert-OH is 1. The molecule has 1 aromatic carbocycles. The van der Waals surface area contributed by atoms with Crippen molar-refractivity contribution < 1.29 is 14.3 Å². The maximum absolute atomic E-state index is 14.0. The number of carbonyl (C=O) groups excluding carboxylic acids is 1. The van der Waals surface area contributed by atoms with Gasteiger partial charge in [0, 0.05) is 30.4 Å². The van der Waals surface area contributed by atoms with Gasteiger partial charge in [-0.25, -0.2) is 4.39 Å². The van der Waals surface area contributed by atoms with Gasteiger partial charge >= 0.3 is 0 Å². The van der Waals surface area contributed by atoms with Crippen molar-refractivity contribution in [3.63, 3.8) is 0 Å². The highest BCUT2D eigenvalue weighted by Gasteiger charge is 2.55. The van der Waals surface area contributed by atoms with Gasteiger partial charge in [0.2, 0.25) is 5.91 Å². The van der Waals surface area contributed by atoms with E-state index in [1.165, 1.54) is 37.1 Å². The molecule has 0 radical (unpaired) electrons. The molecule has 1 saturated heterocycles. The number of halogens is 1. The quantitative estimate of drug-likeness (QED) is 0.611. The zero-order chi connectivity index (χ0) is 25.3. The van der Waals surface area contributed by atoms with E-state index in [0.717, 1.165) is 38.4 Å². The van der Waals surface area contributed by atoms with Crippen LogP contribution in [-0.2, 0) is 10.3 Å². The van der Waals surface area contributed by atoms with E-state index in [0.29, 0.717) is 12.5 Å². The van der Waals surface area contributed by atoms with Gasteiger partial charge in [0.05, 0.1) is 18.4 Å². The van der Waals surface area contributed by atoms with Crippen LogP contribution in [0, 0.1) is 11.7 Å². The first kappa shape index (κ1) is 25.3. The van der Waals surface area contributed by atoms with Crippen LogP contribution in [0.25, 0.3) is 0 Å². The molecular formula is C28H38FN5O2. The first-order valence-electron chi connectivity index (χ1n) is 13.1. The predicted octanol–water partition coefficient (Wildman–Crippen LogP) is 3.62. The van der Waals surface area contributed by atoms with Crippen LogP contribution in [0.4, 0.5) is 10.1 Å². The van der Waals surface area contributed by atoms with Gasteiger partial charge in [-0.2, -0.15) is 0 Å². The van der Waals surface area contributed by atoms with E-state index in [-0.39, 0.29) is 29.2 Å². The summed E-state index contributed by atoms with van der Waals surface area (Å²) in [7, 11) is 4.32. The number of aromatic nitrogens is 1. The molecule has 2 heterocycles. The number of carbonyl (C=O) groups is 1. The minimum absolute atomic E-state index is 0.0172. The molecule has 1 spiro atoms. The largest absolute Gasteiger partial charge is 0.365 e. The third kappa shape index (κ3) is 4.67. The first-order valence-corrected chi connectivity index (χ1v) is 13.1. The van der Waals surface area contributed by atoms with Crippen LogP contribution >= 0.6 is 0 Å². The van der Waals surface area contributed by atoms with Gasteiger partial charge in [0.1, 0.15) is 0 Å². The van der Waals surface area contributed by atoms with Gasteiger partial charge in [-0.05, 0) is 70.2 Å². The summed E-state index contributed by atoms with van der Waals surface area (Å²) in [4.78, 5) is 23.1. The lowest BCUT2D eigenvalue weighted by Gasteiger charge is -2.52. The van der Waals surface area contributed by atoms with Gasteiger partial charge in [-0.1, -0.05) is 36.8 Å². The minimum Gasteiger partial charge on any atom is -0.365 e. The SMILES string of the molecule is CN(C)C1(c2ccccc2)CCC2(CC1)CN(CC(=O)Nc1ccncc1F)C(O)N2CC1CCC1. The molecule has 8 heteroatoms. The lowest BCUT2D eigenvalue weighted by atomic mass is 9.68. The van der Waals surface area contributed by atoms with Crippen molar-refractivity contribution in [1.29, 1.82) is 0 Å². The van der Waals surface area contributed by atoms with Crippen LogP contribution in [0.1, 0.15) is 50.5 Å². The lowest BCUT2D eigenvalue weighted by molar-refractivity contribution is -0.126. The van der Waals surface area contributed by atoms with Crippen LogP contribution in [0.3, 0.4) is 0 Å². The summed E-state index contributed by atoms with van der Waals surface area (Å²) in [6.07, 6.45) is 9.23. The van der Waals surface area contributed by atoms with Crippen LogP contribution in [0.2, 0.25) is 0 Å². The molecule has 5 rings (SSSR count). The van der Waals surface area contributed by atoms with Crippen LogP contribution in [0.15, 0.2) is 48.8 Å². The topological polar surface area (TPSA) is 71.9 Å². The molecule has 2 aliphatic carbocycles. The van der Waals surface area contributed by atoms with Crippen molar-refractivity contribution >= 4 is 11.6 Å². The van der Waals surface area contributed by atoms with Crippen molar-refractivity contribution in [3.05, 3.63) is 60.2 Å². The second kappa shape index (κ2) is 10.2. The summed E-state index contributed by atoms with van der Waals surface area (Å²) in [5, 5.41) is 14.1. The van der Waals surface area contributed by atoms with E-state index in [4.69, 9.17) is 0 Å². The molecular weight excluding hydrogens is 457 g/mol. The molecule has 1 amide bonds. The Balaban J connectivity index is 1.34. The molecule has 0 bridgehead atoms. The van der Waals surface area contributed by atoms with E-state index in [1.54, 1.807) is 0 Å². The van der Waals surface area contributed by atoms with E-state index in [1.807, 2.05) is 4.90 Å². The number of aliphatic hydroxyl groups is 1. The van der Waals surface area contributed by atoms with Crippen molar-refractivity contribution in [2.45, 2.75) is 62.4 Å². The molecule has 1 atom stereocenters. The van der Waals surface area contributed by atoms with Crippen molar-refractivity contribution in [2.24, 2.45) is 5.92 Å². The average molecular weight is 496 g/mol. The third-order valence-corrected chi connectivity index (χ3v) is 8.96. The second-order valence-electron chi connectivity index (χ2n) is 11.1. The highest BCUT2D eigenvalue weighted by Crippen LogP contribution is 2.50. The summed E-state index contributed by atoms with van der Waals surface area (Å²) in [6, 6.07) is 12.2. The molecule has 2 saturated carbocycles. The van der Waals surface area contributed by atoms with E-state index in [2.05, 4.69) is 64.5 Å². The van der Waals surface area contributed by atoms with Gasteiger partial charge in [0.25, 0.3) is 0 Å². The molecule has 3 fully saturated rings. The van der Waals surface area contributed by atoms with Crippen molar-refractivity contribution in [3.8, 4) is 0 Å². The number of benzene rings is 1. The van der Waals surface area contributed by atoms with Gasteiger partial charge < -0.3 is 10.4 Å². The van der Waals surface area contributed by atoms with Gasteiger partial charge in [-0.15, -0.1) is 0 Å². The number of pyridine rings is 1. The summed E-state index contributed by atoms with van der Waals surface area (Å²) in [5.74, 6) is -0.294. The molecule has 1 aliphatic heterocycles. The number of hydrogen-bond acceptors (Lipinski definition) is 6. The van der Waals surface area contributed by atoms with Crippen LogP contribution < -0.4 is 5.32 Å². The first-order chi connectivity index (χ1) is 17.3. The van der Waals surface area contributed by atoms with E-state index in [9.17, 15) is 14.3 Å². The summed E-state index contributed by atoms with van der Waals surface area (Å²) in [6.45, 7) is 1.51. The molecule has 2 aromatic rings. The zero-order valence-electron chi connectivity index (χ0n) is 21.4. The molecule has 1 aromatic heterocycles. The molecule has 3 aliphatic rings. The van der Waals surface area contributed by atoms with Crippen molar-refractivity contribution in [2.75, 3.05) is 39.0 Å². The Morgan fingerprint density at radius 2 is 1.89 bits per heavy atom. The number of nitrogens with one attached hydrogen (secondary N) is 1. The standard InChI is InChI=1S/C28H38FN5O2/c1-32(2)28(22-9-4-3-5-10-22)14-12-27(13-15-28)20-33(26(36)34(27)18-21-7-6-8-21)19-25(35)31-24-11-16-30-17-23(24)29/h3-5,9-11,16-17,21,26,36H,6-8,12-15,18-20H2,1-2H3,(H,30,31,35). The molecule has 2 N–H and O–H groups in total. The Bertz CT molecular complexity index is 1050. The normalized spacial score (nSPS) is 29.5. The number of hydrogen-bond donors (Lipinski definition) is 2. The average Bonchev–Trinajstić information content (AvgIpc) is 3.08. The smallest absolute Gasteiger partial charge is 0.238 e. The highest BCUT2D eigenvalue weighted by molar-refractivity contribution is 5.92. The van der Waals surface area contributed by atoms with Crippen molar-refractivity contribution in [1.82, 2.24) is 19.7 Å². The fourth-order valence-electron chi connectivity index (χ4n) is 6.54. The molecule has 194 valence electrons. The molecule has 36 heavy (non-hydrogen) atoms. The Morgan fingerprint density at radius 3 is 2.50 bits per heavy atom. The fraction of sp³-hybridized carbons (Fsp3) is 0.571. The van der Waals surface area contributed by atoms with Gasteiger partial charge in [0.15, 0.2) is 12.2 Å². The lowest BCUT2D eigenvalue weighted by Crippen LogP contribution is -2.57. The Kier molecular flexibility index (Phi) is 7.14. The third-order valence-electron chi connectivity index (χ3n) is 8.96. The second-order valence-corrected chi connectivity index (χ2v) is 11.1. The fourth-order valence-corrected chi connectivity index (χ4v) is 6.54. The highest BCUT2D eigenvalue weighted by atomic mass is 19.1. The predicted molar refractivity (Wildman–Crippen MR) is 137 cm³/mol. The Hall–Kier alpha value is -2.39. The Labute approximate surface area is 213 Å². The summed E-state index contributed by atoms with van der Waals surface area (Å²) >= 11 is 0. The number of amides is 1. The summed E-state index contributed by atoms with van der Waals surface area (Å²) in [5.41, 5.74) is 1.24. The molecule has 1 unspecified atom stereocenters. The Morgan fingerprint density at radius 1 is 1.17 bits per heavy atom. The van der Waals surface area contributed by atoms with Crippen LogP contribution in [-0.4, -0.2) is 76.3 Å². The summed E-state index contributed by atoms with van der Waals surface area (Å²) < 4.78 is 14.0. The monoisotopic (exact) mass is 495 g/mol. The zero-order valence-corrected chi connectivity index (χ0v) is 21.4. The van der Waals surface area contributed by atoms with Gasteiger partial charge in [-0.3, -0.25) is 24.5 Å². The minimum atomic E-state index is -0.817. The van der Waals surface area contributed by atoms with E-state index < -0.39 is 12.2 Å². The number of rotatable bonds is 7. The number of anilines is 1. The maximum atomic E-state index is 14.0. The number of nitrogens with zero attached hydrogens (tertiary/aromatic N) is 4. The van der Waals surface area contributed by atoms with E-state index >= 15 is 0 Å².